The largest absolute Gasteiger partial charge is 0.388 e. The van der Waals surface area contributed by atoms with Gasteiger partial charge in [-0.3, -0.25) is 9.79 Å². The van der Waals surface area contributed by atoms with Gasteiger partial charge in [0.1, 0.15) is 6.10 Å². The van der Waals surface area contributed by atoms with Gasteiger partial charge in [-0.25, -0.2) is 0 Å². The summed E-state index contributed by atoms with van der Waals surface area (Å²) in [4.78, 5) is 18.4. The van der Waals surface area contributed by atoms with Crippen molar-refractivity contribution in [2.45, 2.75) is 37.9 Å². The van der Waals surface area contributed by atoms with Crippen LogP contribution in [0, 0.1) is 0 Å². The number of hydrogen-bond acceptors (Lipinski definition) is 6. The van der Waals surface area contributed by atoms with Crippen LogP contribution in [0.2, 0.25) is 0 Å². The number of ketones is 1. The van der Waals surface area contributed by atoms with Crippen molar-refractivity contribution in [2.75, 3.05) is 13.6 Å². The smallest absolute Gasteiger partial charge is 0.185 e. The minimum Gasteiger partial charge on any atom is -0.388 e. The highest BCUT2D eigenvalue weighted by Gasteiger charge is 2.22. The average molecular weight is 425 g/mol. The molecule has 3 rings (SSSR count). The van der Waals surface area contributed by atoms with Crippen LogP contribution in [-0.4, -0.2) is 52.2 Å². The number of rotatable bonds is 8. The van der Waals surface area contributed by atoms with E-state index in [0.717, 1.165) is 17.7 Å². The first-order valence-electron chi connectivity index (χ1n) is 10.0. The highest BCUT2D eigenvalue weighted by molar-refractivity contribution is 8.14. The molecule has 0 fully saturated rings. The van der Waals surface area contributed by atoms with Gasteiger partial charge >= 0.3 is 0 Å². The second-order valence-electron chi connectivity index (χ2n) is 7.53. The number of aliphatic hydroxyl groups excluding tert-OH is 2. The monoisotopic (exact) mass is 424 g/mol. The number of nitrogens with zero attached hydrogens (tertiary/aromatic N) is 2. The lowest BCUT2D eigenvalue weighted by Gasteiger charge is -2.31. The van der Waals surface area contributed by atoms with E-state index in [1.165, 1.54) is 30.3 Å². The summed E-state index contributed by atoms with van der Waals surface area (Å²) >= 11 is 1.44. The van der Waals surface area contributed by atoms with Gasteiger partial charge in [-0.1, -0.05) is 54.2 Å². The van der Waals surface area contributed by atoms with Crippen LogP contribution in [0.4, 0.5) is 0 Å². The number of thioether (sulfide) groups is 1. The molecule has 0 bridgehead atoms. The third-order valence-corrected chi connectivity index (χ3v) is 6.04. The Morgan fingerprint density at radius 3 is 2.77 bits per heavy atom. The van der Waals surface area contributed by atoms with Gasteiger partial charge in [-0.05, 0) is 36.0 Å². The summed E-state index contributed by atoms with van der Waals surface area (Å²) in [6.07, 6.45) is 6.92. The highest BCUT2D eigenvalue weighted by atomic mass is 32.2. The third-order valence-electron chi connectivity index (χ3n) is 5.33. The van der Waals surface area contributed by atoms with E-state index < -0.39 is 12.2 Å². The zero-order valence-corrected chi connectivity index (χ0v) is 18.1. The van der Waals surface area contributed by atoms with E-state index in [9.17, 15) is 15.0 Å². The fourth-order valence-electron chi connectivity index (χ4n) is 3.46. The van der Waals surface area contributed by atoms with Crippen LogP contribution < -0.4 is 0 Å². The van der Waals surface area contributed by atoms with Crippen LogP contribution in [0.3, 0.4) is 0 Å². The fourth-order valence-corrected chi connectivity index (χ4v) is 4.08. The van der Waals surface area contributed by atoms with Crippen molar-refractivity contribution in [2.24, 2.45) is 4.99 Å². The highest BCUT2D eigenvalue weighted by Crippen LogP contribution is 2.32. The molecule has 30 heavy (non-hydrogen) atoms. The molecule has 1 aliphatic heterocycles. The number of aliphatic hydroxyl groups is 2. The molecular formula is C24H28N2O3S. The minimum atomic E-state index is -1.09. The first-order chi connectivity index (χ1) is 14.5. The van der Waals surface area contributed by atoms with Gasteiger partial charge in [-0.2, -0.15) is 0 Å². The average Bonchev–Trinajstić information content (AvgIpc) is 2.79. The summed E-state index contributed by atoms with van der Waals surface area (Å²) in [5, 5.41) is 22.3. The lowest BCUT2D eigenvalue weighted by Crippen LogP contribution is -2.26. The molecule has 1 aromatic carbocycles. The summed E-state index contributed by atoms with van der Waals surface area (Å²) in [5.74, 6) is -0.125. The Morgan fingerprint density at radius 1 is 1.33 bits per heavy atom. The molecule has 0 radical (unpaired) electrons. The van der Waals surface area contributed by atoms with Crippen LogP contribution in [0.1, 0.15) is 31.2 Å². The summed E-state index contributed by atoms with van der Waals surface area (Å²) in [6.45, 7) is 1.91. The van der Waals surface area contributed by atoms with Gasteiger partial charge in [0.15, 0.2) is 5.78 Å². The molecule has 0 spiro atoms. The SMILES string of the molecule is CC(O)C(=O)/C=C(/CC(O)C1=CSC=NC1)N(C)C1=CC=CC(c2ccccc2)C1. The van der Waals surface area contributed by atoms with Gasteiger partial charge in [0.05, 0.1) is 18.2 Å². The predicted octanol–water partition coefficient (Wildman–Crippen LogP) is 3.79. The van der Waals surface area contributed by atoms with E-state index in [1.807, 2.05) is 47.7 Å². The van der Waals surface area contributed by atoms with Crippen LogP contribution in [0.5, 0.6) is 0 Å². The molecule has 1 aromatic rings. The lowest BCUT2D eigenvalue weighted by atomic mass is 9.90. The second kappa shape index (κ2) is 10.6. The van der Waals surface area contributed by atoms with Crippen molar-refractivity contribution in [3.63, 3.8) is 0 Å². The van der Waals surface area contributed by atoms with Crippen LogP contribution in [-0.2, 0) is 4.79 Å². The maximum absolute atomic E-state index is 12.3. The Balaban J connectivity index is 1.80. The number of aliphatic imine (C=N–C) groups is 1. The number of carbonyl (C=O) groups is 1. The maximum atomic E-state index is 12.3. The van der Waals surface area contributed by atoms with Gasteiger partial charge < -0.3 is 15.1 Å². The molecule has 0 aromatic heterocycles. The van der Waals surface area contributed by atoms with Gasteiger partial charge in [0.25, 0.3) is 0 Å². The Morgan fingerprint density at radius 2 is 2.10 bits per heavy atom. The molecule has 5 nitrogen and oxygen atoms in total. The van der Waals surface area contributed by atoms with E-state index in [4.69, 9.17) is 0 Å². The zero-order valence-electron chi connectivity index (χ0n) is 17.3. The molecule has 3 unspecified atom stereocenters. The van der Waals surface area contributed by atoms with Gasteiger partial charge in [-0.15, -0.1) is 0 Å². The molecule has 158 valence electrons. The van der Waals surface area contributed by atoms with E-state index >= 15 is 0 Å². The van der Waals surface area contributed by atoms with Crippen LogP contribution in [0.15, 0.2) is 82.0 Å². The number of hydrogen-bond donors (Lipinski definition) is 2. The minimum absolute atomic E-state index is 0.249. The molecule has 1 heterocycles. The lowest BCUT2D eigenvalue weighted by molar-refractivity contribution is -0.121. The predicted molar refractivity (Wildman–Crippen MR) is 123 cm³/mol. The molecule has 3 atom stereocenters. The van der Waals surface area contributed by atoms with Crippen molar-refractivity contribution in [1.29, 1.82) is 0 Å². The second-order valence-corrected chi connectivity index (χ2v) is 8.25. The van der Waals surface area contributed by atoms with Crippen molar-refractivity contribution >= 4 is 23.1 Å². The third kappa shape index (κ3) is 5.81. The number of carbonyl (C=O) groups excluding carboxylic acids is 1. The topological polar surface area (TPSA) is 73.1 Å². The van der Waals surface area contributed by atoms with Crippen molar-refractivity contribution in [3.05, 3.63) is 82.6 Å². The van der Waals surface area contributed by atoms with Crippen LogP contribution >= 0.6 is 11.8 Å². The normalized spacial score (nSPS) is 20.9. The Labute approximate surface area is 182 Å². The first-order valence-corrected chi connectivity index (χ1v) is 11.0. The van der Waals surface area contributed by atoms with Gasteiger partial charge in [0, 0.05) is 36.9 Å². The summed E-state index contributed by atoms with van der Waals surface area (Å²) < 4.78 is 0. The maximum Gasteiger partial charge on any atom is 0.185 e. The van der Waals surface area contributed by atoms with Crippen molar-refractivity contribution in [1.82, 2.24) is 4.90 Å². The van der Waals surface area contributed by atoms with Crippen molar-refractivity contribution < 1.29 is 15.0 Å². The molecule has 0 saturated heterocycles. The molecule has 1 aliphatic carbocycles. The number of benzene rings is 1. The molecule has 6 heteroatoms. The van der Waals surface area contributed by atoms with Crippen molar-refractivity contribution in [3.8, 4) is 0 Å². The number of allylic oxidation sites excluding steroid dienone is 4. The summed E-state index contributed by atoms with van der Waals surface area (Å²) in [7, 11) is 1.91. The standard InChI is InChI=1S/C24H28N2O3S/c1-17(27)23(28)12-22(13-24(29)20-14-25-16-30-15-20)26(2)21-10-6-9-19(11-21)18-7-4-3-5-8-18/h3-10,12,15-17,19,24,27,29H,11,13-14H2,1-2H3/b22-12-. The molecule has 0 saturated carbocycles. The summed E-state index contributed by atoms with van der Waals surface area (Å²) in [6, 6.07) is 10.3. The Bertz CT molecular complexity index is 900. The molecular weight excluding hydrogens is 396 g/mol. The summed E-state index contributed by atoms with van der Waals surface area (Å²) in [5.41, 5.74) is 5.53. The molecule has 0 amide bonds. The first kappa shape index (κ1) is 22.3. The quantitative estimate of drug-likeness (QED) is 0.621. The zero-order chi connectivity index (χ0) is 21.5. The van der Waals surface area contributed by atoms with E-state index in [1.54, 1.807) is 5.55 Å². The van der Waals surface area contributed by atoms with E-state index in [-0.39, 0.29) is 18.1 Å². The fraction of sp³-hybridized carbons (Fsp3) is 0.333. The Hall–Kier alpha value is -2.41. The molecule has 2 aliphatic rings. The van der Waals surface area contributed by atoms with E-state index in [2.05, 4.69) is 23.2 Å². The van der Waals surface area contributed by atoms with E-state index in [0.29, 0.717) is 12.2 Å². The molecule has 2 N–H and O–H groups in total. The van der Waals surface area contributed by atoms with Crippen LogP contribution in [0.25, 0.3) is 0 Å². The van der Waals surface area contributed by atoms with Gasteiger partial charge in [0.2, 0.25) is 0 Å². The Kier molecular flexibility index (Phi) is 7.85.